The van der Waals surface area contributed by atoms with E-state index < -0.39 is 11.9 Å². The highest BCUT2D eigenvalue weighted by Crippen LogP contribution is 2.17. The average Bonchev–Trinajstić information content (AvgIpc) is 2.90. The average molecular weight is 310 g/mol. The van der Waals surface area contributed by atoms with Crippen molar-refractivity contribution in [2.24, 2.45) is 0 Å². The van der Waals surface area contributed by atoms with Gasteiger partial charge in [-0.3, -0.25) is 4.79 Å². The van der Waals surface area contributed by atoms with E-state index in [0.29, 0.717) is 10.7 Å². The molecular formula is C13H12ClN3O4. The molecule has 1 aromatic heterocycles. The molecule has 110 valence electrons. The maximum atomic E-state index is 11.7. The maximum absolute atomic E-state index is 11.7. The molecule has 0 unspecified atom stereocenters. The number of aromatic nitrogens is 3. The monoisotopic (exact) mass is 309 g/mol. The number of carbonyl (C=O) groups excluding carboxylic acids is 2. The number of halogens is 1. The summed E-state index contributed by atoms with van der Waals surface area (Å²) in [5.74, 6) is -1.19. The van der Waals surface area contributed by atoms with Crippen LogP contribution in [0, 0.1) is 0 Å². The minimum Gasteiger partial charge on any atom is -0.469 e. The molecule has 0 spiro atoms. The fraction of sp³-hybridized carbons (Fsp3) is 0.231. The van der Waals surface area contributed by atoms with Gasteiger partial charge in [0.1, 0.15) is 0 Å². The summed E-state index contributed by atoms with van der Waals surface area (Å²) < 4.78 is 10.6. The quantitative estimate of drug-likeness (QED) is 0.794. The Kier molecular flexibility index (Phi) is 4.54. The highest BCUT2D eigenvalue weighted by molar-refractivity contribution is 6.30. The third-order valence-electron chi connectivity index (χ3n) is 2.75. The first-order valence-corrected chi connectivity index (χ1v) is 6.30. The molecule has 7 nitrogen and oxygen atoms in total. The van der Waals surface area contributed by atoms with Crippen molar-refractivity contribution >= 4 is 23.5 Å². The van der Waals surface area contributed by atoms with Crippen LogP contribution in [0.2, 0.25) is 5.02 Å². The molecule has 1 aromatic carbocycles. The predicted molar refractivity (Wildman–Crippen MR) is 73.4 cm³/mol. The minimum atomic E-state index is -0.672. The van der Waals surface area contributed by atoms with E-state index in [-0.39, 0.29) is 17.8 Å². The normalized spacial score (nSPS) is 10.2. The van der Waals surface area contributed by atoms with E-state index >= 15 is 0 Å². The Labute approximate surface area is 125 Å². The molecule has 0 atom stereocenters. The van der Waals surface area contributed by atoms with Gasteiger partial charge in [0.2, 0.25) is 0 Å². The molecular weight excluding hydrogens is 298 g/mol. The van der Waals surface area contributed by atoms with Crippen LogP contribution in [-0.2, 0) is 20.7 Å². The molecule has 0 aliphatic carbocycles. The first-order valence-electron chi connectivity index (χ1n) is 5.92. The maximum Gasteiger partial charge on any atom is 0.360 e. The molecule has 0 aliphatic rings. The number of esters is 2. The Hall–Kier alpha value is -2.41. The molecule has 2 aromatic rings. The molecule has 0 N–H and O–H groups in total. The number of rotatable bonds is 4. The van der Waals surface area contributed by atoms with E-state index in [0.717, 1.165) is 0 Å². The van der Waals surface area contributed by atoms with Gasteiger partial charge in [-0.25, -0.2) is 9.48 Å². The first kappa shape index (κ1) is 15.0. The lowest BCUT2D eigenvalue weighted by Crippen LogP contribution is -2.14. The van der Waals surface area contributed by atoms with Crippen LogP contribution in [0.15, 0.2) is 24.3 Å². The lowest BCUT2D eigenvalue weighted by atomic mass is 10.2. The molecule has 0 saturated heterocycles. The zero-order valence-corrected chi connectivity index (χ0v) is 12.1. The summed E-state index contributed by atoms with van der Waals surface area (Å²) >= 11 is 5.83. The minimum absolute atomic E-state index is 0.0298. The molecule has 1 heterocycles. The summed E-state index contributed by atoms with van der Waals surface area (Å²) in [6.45, 7) is 0. The fourth-order valence-electron chi connectivity index (χ4n) is 1.71. The number of ether oxygens (including phenoxy) is 2. The molecule has 0 radical (unpaired) electrons. The third-order valence-corrected chi connectivity index (χ3v) is 3.00. The van der Waals surface area contributed by atoms with Gasteiger partial charge >= 0.3 is 11.9 Å². The number of hydrogen-bond donors (Lipinski definition) is 0. The van der Waals surface area contributed by atoms with Crippen molar-refractivity contribution < 1.29 is 19.1 Å². The third kappa shape index (κ3) is 3.19. The van der Waals surface area contributed by atoms with Gasteiger partial charge in [0.25, 0.3) is 0 Å². The Balaban J connectivity index is 2.50. The van der Waals surface area contributed by atoms with Crippen LogP contribution in [0.3, 0.4) is 0 Å². The van der Waals surface area contributed by atoms with Gasteiger partial charge in [-0.05, 0) is 24.3 Å². The van der Waals surface area contributed by atoms with Crippen LogP contribution in [-0.4, -0.2) is 41.2 Å². The number of nitrogens with zero attached hydrogens (tertiary/aromatic N) is 3. The molecule has 0 aliphatic heterocycles. The van der Waals surface area contributed by atoms with Gasteiger partial charge in [0.15, 0.2) is 5.69 Å². The Morgan fingerprint density at radius 1 is 1.19 bits per heavy atom. The van der Waals surface area contributed by atoms with Crippen molar-refractivity contribution in [1.29, 1.82) is 0 Å². The van der Waals surface area contributed by atoms with Crippen LogP contribution in [0.25, 0.3) is 5.69 Å². The van der Waals surface area contributed by atoms with E-state index in [9.17, 15) is 9.59 Å². The SMILES string of the molecule is COC(=O)Cc1c(C(=O)OC)nnn1-c1ccc(Cl)cc1. The highest BCUT2D eigenvalue weighted by atomic mass is 35.5. The van der Waals surface area contributed by atoms with Crippen LogP contribution in [0.5, 0.6) is 0 Å². The van der Waals surface area contributed by atoms with Crippen LogP contribution >= 0.6 is 11.6 Å². The van der Waals surface area contributed by atoms with Gasteiger partial charge < -0.3 is 9.47 Å². The van der Waals surface area contributed by atoms with Gasteiger partial charge in [0.05, 0.1) is 32.0 Å². The summed E-state index contributed by atoms with van der Waals surface area (Å²) in [5, 5.41) is 8.22. The smallest absolute Gasteiger partial charge is 0.360 e. The Bertz CT molecular complexity index is 667. The van der Waals surface area contributed by atoms with E-state index in [1.165, 1.54) is 18.9 Å². The molecule has 0 saturated carbocycles. The molecule has 0 amide bonds. The van der Waals surface area contributed by atoms with Crippen molar-refractivity contribution in [3.63, 3.8) is 0 Å². The van der Waals surface area contributed by atoms with Gasteiger partial charge in [-0.2, -0.15) is 0 Å². The van der Waals surface area contributed by atoms with Crippen LogP contribution < -0.4 is 0 Å². The van der Waals surface area contributed by atoms with Crippen molar-refractivity contribution in [3.05, 3.63) is 40.7 Å². The number of methoxy groups -OCH3 is 2. The summed E-state index contributed by atoms with van der Waals surface area (Å²) in [4.78, 5) is 23.2. The second-order valence-corrected chi connectivity index (χ2v) is 4.45. The summed E-state index contributed by atoms with van der Waals surface area (Å²) in [7, 11) is 2.49. The lowest BCUT2D eigenvalue weighted by Gasteiger charge is -2.06. The van der Waals surface area contributed by atoms with Gasteiger partial charge in [-0.15, -0.1) is 5.10 Å². The van der Waals surface area contributed by atoms with E-state index in [2.05, 4.69) is 19.8 Å². The van der Waals surface area contributed by atoms with E-state index in [1.807, 2.05) is 0 Å². The number of carbonyl (C=O) groups is 2. The second kappa shape index (κ2) is 6.36. The molecule has 2 rings (SSSR count). The Morgan fingerprint density at radius 3 is 2.43 bits per heavy atom. The Morgan fingerprint density at radius 2 is 1.86 bits per heavy atom. The standard InChI is InChI=1S/C13H12ClN3O4/c1-20-11(18)7-10-12(13(19)21-2)15-16-17(10)9-5-3-8(14)4-6-9/h3-6H,7H2,1-2H3. The van der Waals surface area contributed by atoms with Crippen molar-refractivity contribution in [1.82, 2.24) is 15.0 Å². The molecule has 21 heavy (non-hydrogen) atoms. The largest absolute Gasteiger partial charge is 0.469 e. The van der Waals surface area contributed by atoms with E-state index in [1.54, 1.807) is 24.3 Å². The van der Waals surface area contributed by atoms with E-state index in [4.69, 9.17) is 11.6 Å². The first-order chi connectivity index (χ1) is 10.1. The lowest BCUT2D eigenvalue weighted by molar-refractivity contribution is -0.139. The van der Waals surface area contributed by atoms with Crippen LogP contribution in [0.4, 0.5) is 0 Å². The number of hydrogen-bond acceptors (Lipinski definition) is 6. The molecule has 8 heteroatoms. The topological polar surface area (TPSA) is 83.3 Å². The second-order valence-electron chi connectivity index (χ2n) is 4.02. The number of benzene rings is 1. The van der Waals surface area contributed by atoms with Crippen molar-refractivity contribution in [3.8, 4) is 5.69 Å². The summed E-state index contributed by atoms with van der Waals surface area (Å²) in [5.41, 5.74) is 0.870. The van der Waals surface area contributed by atoms with Crippen LogP contribution in [0.1, 0.15) is 16.2 Å². The van der Waals surface area contributed by atoms with Crippen molar-refractivity contribution in [2.75, 3.05) is 14.2 Å². The fourth-order valence-corrected chi connectivity index (χ4v) is 1.84. The van der Waals surface area contributed by atoms with Crippen molar-refractivity contribution in [2.45, 2.75) is 6.42 Å². The zero-order valence-electron chi connectivity index (χ0n) is 11.4. The predicted octanol–water partition coefficient (Wildman–Crippen LogP) is 1.42. The molecule has 0 fully saturated rings. The zero-order chi connectivity index (χ0) is 15.4. The summed E-state index contributed by atoms with van der Waals surface area (Å²) in [6, 6.07) is 6.72. The van der Waals surface area contributed by atoms with Gasteiger partial charge in [0, 0.05) is 5.02 Å². The van der Waals surface area contributed by atoms with Gasteiger partial charge in [-0.1, -0.05) is 16.8 Å². The molecule has 0 bridgehead atoms. The summed E-state index contributed by atoms with van der Waals surface area (Å²) in [6.07, 6.45) is -0.156. The highest BCUT2D eigenvalue weighted by Gasteiger charge is 2.23.